The Labute approximate surface area is 135 Å². The van der Waals surface area contributed by atoms with Crippen molar-refractivity contribution in [3.8, 4) is 0 Å². The fraction of sp³-hybridized carbons (Fsp3) is 0.500. The van der Waals surface area contributed by atoms with Crippen molar-refractivity contribution in [2.75, 3.05) is 6.54 Å². The van der Waals surface area contributed by atoms with Crippen LogP contribution in [0.1, 0.15) is 39.2 Å². The lowest BCUT2D eigenvalue weighted by atomic mass is 9.87. The van der Waals surface area contributed by atoms with Crippen molar-refractivity contribution in [1.29, 1.82) is 0 Å². The first kappa shape index (κ1) is 16.8. The number of benzene rings is 1. The Balaban J connectivity index is 2.29. The van der Waals surface area contributed by atoms with Gasteiger partial charge in [-0.3, -0.25) is 9.69 Å². The lowest BCUT2D eigenvalue weighted by Gasteiger charge is -2.26. The molecule has 1 saturated heterocycles. The van der Waals surface area contributed by atoms with Gasteiger partial charge < -0.3 is 10.4 Å². The quantitative estimate of drug-likeness (QED) is 0.818. The van der Waals surface area contributed by atoms with Crippen LogP contribution in [0.25, 0.3) is 0 Å². The van der Waals surface area contributed by atoms with Crippen LogP contribution in [0.4, 0.5) is 4.79 Å². The van der Waals surface area contributed by atoms with Gasteiger partial charge in [-0.25, -0.2) is 4.79 Å². The highest BCUT2D eigenvalue weighted by molar-refractivity contribution is 6.30. The normalized spacial score (nSPS) is 22.1. The van der Waals surface area contributed by atoms with Crippen molar-refractivity contribution in [3.63, 3.8) is 0 Å². The SMILES string of the molecule is CCC1(c2ccc(Cl)cc2)NC(=O)N(CCC(C)(C)O)C1=O. The van der Waals surface area contributed by atoms with Crippen LogP contribution in [0.5, 0.6) is 0 Å². The van der Waals surface area contributed by atoms with E-state index in [1.54, 1.807) is 38.1 Å². The van der Waals surface area contributed by atoms with E-state index in [2.05, 4.69) is 5.32 Å². The van der Waals surface area contributed by atoms with Crippen molar-refractivity contribution in [1.82, 2.24) is 10.2 Å². The molecule has 22 heavy (non-hydrogen) atoms. The maximum Gasteiger partial charge on any atom is 0.325 e. The molecule has 0 radical (unpaired) electrons. The summed E-state index contributed by atoms with van der Waals surface area (Å²) in [5.41, 5.74) is -1.27. The molecule has 0 aliphatic carbocycles. The van der Waals surface area contributed by atoms with E-state index in [-0.39, 0.29) is 12.5 Å². The van der Waals surface area contributed by atoms with Crippen LogP contribution in [0, 0.1) is 0 Å². The summed E-state index contributed by atoms with van der Waals surface area (Å²) in [4.78, 5) is 26.2. The molecule has 1 heterocycles. The molecule has 1 aromatic rings. The van der Waals surface area contributed by atoms with Crippen molar-refractivity contribution in [3.05, 3.63) is 34.9 Å². The number of nitrogens with one attached hydrogen (secondary N) is 1. The van der Waals surface area contributed by atoms with Gasteiger partial charge in [-0.15, -0.1) is 0 Å². The van der Waals surface area contributed by atoms with E-state index in [0.717, 1.165) is 0 Å². The molecular formula is C16H21ClN2O3. The van der Waals surface area contributed by atoms with E-state index < -0.39 is 17.2 Å². The summed E-state index contributed by atoms with van der Waals surface area (Å²) in [5, 5.41) is 13.2. The Hall–Kier alpha value is -1.59. The minimum absolute atomic E-state index is 0.184. The molecule has 0 aromatic heterocycles. The number of urea groups is 1. The molecule has 1 fully saturated rings. The number of aliphatic hydroxyl groups is 1. The Morgan fingerprint density at radius 2 is 1.86 bits per heavy atom. The first-order valence-electron chi connectivity index (χ1n) is 7.32. The maximum atomic E-state index is 12.8. The van der Waals surface area contributed by atoms with E-state index in [0.29, 0.717) is 23.4 Å². The largest absolute Gasteiger partial charge is 0.390 e. The third-order valence-electron chi connectivity index (χ3n) is 3.99. The Bertz CT molecular complexity index is 580. The molecule has 120 valence electrons. The van der Waals surface area contributed by atoms with Gasteiger partial charge in [0.25, 0.3) is 5.91 Å². The topological polar surface area (TPSA) is 69.6 Å². The van der Waals surface area contributed by atoms with E-state index >= 15 is 0 Å². The number of amides is 3. The van der Waals surface area contributed by atoms with E-state index in [9.17, 15) is 14.7 Å². The molecular weight excluding hydrogens is 304 g/mol. The Morgan fingerprint density at radius 1 is 1.27 bits per heavy atom. The second-order valence-electron chi connectivity index (χ2n) is 6.22. The summed E-state index contributed by atoms with van der Waals surface area (Å²) in [6.45, 7) is 5.34. The van der Waals surface area contributed by atoms with Crippen LogP contribution in [0.3, 0.4) is 0 Å². The van der Waals surface area contributed by atoms with Gasteiger partial charge in [-0.1, -0.05) is 30.7 Å². The first-order chi connectivity index (χ1) is 10.2. The molecule has 1 aliphatic heterocycles. The summed E-state index contributed by atoms with van der Waals surface area (Å²) in [5.74, 6) is -0.286. The van der Waals surface area contributed by atoms with Crippen LogP contribution in [-0.4, -0.2) is 34.1 Å². The summed E-state index contributed by atoms with van der Waals surface area (Å²) in [7, 11) is 0. The highest BCUT2D eigenvalue weighted by Crippen LogP contribution is 2.33. The van der Waals surface area contributed by atoms with Crippen LogP contribution in [0.2, 0.25) is 5.02 Å². The first-order valence-corrected chi connectivity index (χ1v) is 7.70. The van der Waals surface area contributed by atoms with Gasteiger partial charge in [0.2, 0.25) is 0 Å². The zero-order valence-corrected chi connectivity index (χ0v) is 13.8. The number of imide groups is 1. The average Bonchev–Trinajstić information content (AvgIpc) is 2.68. The monoisotopic (exact) mass is 324 g/mol. The van der Waals surface area contributed by atoms with Gasteiger partial charge in [-0.05, 0) is 44.4 Å². The lowest BCUT2D eigenvalue weighted by molar-refractivity contribution is -0.132. The molecule has 0 spiro atoms. The Kier molecular flexibility index (Phi) is 4.49. The third kappa shape index (κ3) is 3.10. The van der Waals surface area contributed by atoms with Gasteiger partial charge in [0, 0.05) is 11.6 Å². The van der Waals surface area contributed by atoms with Gasteiger partial charge in [0.15, 0.2) is 0 Å². The molecule has 2 N–H and O–H groups in total. The standard InChI is InChI=1S/C16H21ClN2O3/c1-4-16(11-5-7-12(17)8-6-11)13(20)19(14(21)18-16)10-9-15(2,3)22/h5-8,22H,4,9-10H2,1-3H3,(H,18,21). The average molecular weight is 325 g/mol. The molecule has 3 amide bonds. The number of rotatable bonds is 5. The van der Waals surface area contributed by atoms with Gasteiger partial charge in [0.1, 0.15) is 5.54 Å². The molecule has 5 nitrogen and oxygen atoms in total. The fourth-order valence-corrected chi connectivity index (χ4v) is 2.71. The van der Waals surface area contributed by atoms with Crippen LogP contribution >= 0.6 is 11.6 Å². The van der Waals surface area contributed by atoms with Crippen LogP contribution in [-0.2, 0) is 10.3 Å². The van der Waals surface area contributed by atoms with Crippen molar-refractivity contribution < 1.29 is 14.7 Å². The number of carbonyl (C=O) groups excluding carboxylic acids is 2. The molecule has 6 heteroatoms. The fourth-order valence-electron chi connectivity index (χ4n) is 2.59. The zero-order valence-electron chi connectivity index (χ0n) is 13.0. The molecule has 2 rings (SSSR count). The summed E-state index contributed by atoms with van der Waals surface area (Å²) in [6.07, 6.45) is 0.769. The van der Waals surface area contributed by atoms with Crippen LogP contribution < -0.4 is 5.32 Å². The maximum absolute atomic E-state index is 12.8. The summed E-state index contributed by atoms with van der Waals surface area (Å²) >= 11 is 5.89. The number of hydrogen-bond donors (Lipinski definition) is 2. The second kappa shape index (κ2) is 5.89. The van der Waals surface area contributed by atoms with Crippen molar-refractivity contribution in [2.45, 2.75) is 44.8 Å². The minimum Gasteiger partial charge on any atom is -0.390 e. The lowest BCUT2D eigenvalue weighted by Crippen LogP contribution is -2.43. The number of hydrogen-bond acceptors (Lipinski definition) is 3. The van der Waals surface area contributed by atoms with Gasteiger partial charge in [-0.2, -0.15) is 0 Å². The number of carbonyl (C=O) groups is 2. The van der Waals surface area contributed by atoms with Crippen molar-refractivity contribution >= 4 is 23.5 Å². The molecule has 0 saturated carbocycles. The highest BCUT2D eigenvalue weighted by Gasteiger charge is 2.51. The molecule has 1 aliphatic rings. The molecule has 0 bridgehead atoms. The predicted molar refractivity (Wildman–Crippen MR) is 84.6 cm³/mol. The molecule has 1 aromatic carbocycles. The van der Waals surface area contributed by atoms with E-state index in [1.165, 1.54) is 4.90 Å². The Morgan fingerprint density at radius 3 is 2.36 bits per heavy atom. The van der Waals surface area contributed by atoms with E-state index in [4.69, 9.17) is 11.6 Å². The molecule has 1 atom stereocenters. The number of halogens is 1. The van der Waals surface area contributed by atoms with Gasteiger partial charge >= 0.3 is 6.03 Å². The number of nitrogens with zero attached hydrogens (tertiary/aromatic N) is 1. The van der Waals surface area contributed by atoms with Crippen molar-refractivity contribution in [2.24, 2.45) is 0 Å². The van der Waals surface area contributed by atoms with Crippen LogP contribution in [0.15, 0.2) is 24.3 Å². The van der Waals surface area contributed by atoms with Gasteiger partial charge in [0.05, 0.1) is 5.60 Å². The minimum atomic E-state index is -1.05. The summed E-state index contributed by atoms with van der Waals surface area (Å²) in [6, 6.07) is 6.49. The molecule has 1 unspecified atom stereocenters. The zero-order chi connectivity index (χ0) is 16.5. The summed E-state index contributed by atoms with van der Waals surface area (Å²) < 4.78 is 0. The highest BCUT2D eigenvalue weighted by atomic mass is 35.5. The third-order valence-corrected chi connectivity index (χ3v) is 4.24. The predicted octanol–water partition coefficient (Wildman–Crippen LogP) is 2.66. The van der Waals surface area contributed by atoms with E-state index in [1.807, 2.05) is 6.92 Å². The second-order valence-corrected chi connectivity index (χ2v) is 6.65. The smallest absolute Gasteiger partial charge is 0.325 e.